The molecule has 2 unspecified atom stereocenters. The lowest BCUT2D eigenvalue weighted by Gasteiger charge is -1.97. The zero-order valence-corrected chi connectivity index (χ0v) is 9.00. The molecule has 1 fully saturated rings. The van der Waals surface area contributed by atoms with E-state index in [1.165, 1.54) is 17.7 Å². The third-order valence-corrected chi connectivity index (χ3v) is 3.63. The van der Waals surface area contributed by atoms with Crippen LogP contribution in [0.1, 0.15) is 23.6 Å². The van der Waals surface area contributed by atoms with E-state index in [1.807, 2.05) is 17.9 Å². The maximum atomic E-state index is 4.25. The molecule has 3 heteroatoms. The second kappa shape index (κ2) is 2.87. The minimum absolute atomic E-state index is 0.776. The van der Waals surface area contributed by atoms with Crippen LogP contribution in [0.2, 0.25) is 0 Å². The summed E-state index contributed by atoms with van der Waals surface area (Å²) in [6, 6.07) is 0. The Hall–Kier alpha value is -0.310. The highest BCUT2D eigenvalue weighted by molar-refractivity contribution is 9.09. The molecule has 2 atom stereocenters. The monoisotopic (exact) mass is 228 g/mol. The predicted molar refractivity (Wildman–Crippen MR) is 52.6 cm³/mol. The molecule has 2 rings (SSSR count). The van der Waals surface area contributed by atoms with Crippen molar-refractivity contribution in [3.63, 3.8) is 0 Å². The second-order valence-corrected chi connectivity index (χ2v) is 4.21. The van der Waals surface area contributed by atoms with Gasteiger partial charge < -0.3 is 0 Å². The van der Waals surface area contributed by atoms with Crippen LogP contribution in [0.4, 0.5) is 0 Å². The van der Waals surface area contributed by atoms with Crippen LogP contribution in [0.3, 0.4) is 0 Å². The van der Waals surface area contributed by atoms with Crippen molar-refractivity contribution >= 4 is 15.9 Å². The Morgan fingerprint density at radius 2 is 2.50 bits per heavy atom. The lowest BCUT2D eigenvalue weighted by molar-refractivity contribution is 0.737. The number of rotatable bonds is 2. The van der Waals surface area contributed by atoms with Crippen LogP contribution < -0.4 is 0 Å². The minimum Gasteiger partial charge on any atom is -0.273 e. The molecule has 1 aromatic heterocycles. The van der Waals surface area contributed by atoms with Gasteiger partial charge in [-0.05, 0) is 30.7 Å². The van der Waals surface area contributed by atoms with Gasteiger partial charge in [0.25, 0.3) is 0 Å². The van der Waals surface area contributed by atoms with E-state index in [4.69, 9.17) is 0 Å². The maximum Gasteiger partial charge on any atom is 0.0527 e. The van der Waals surface area contributed by atoms with Crippen LogP contribution in [-0.4, -0.2) is 15.1 Å². The number of aryl methyl sites for hydroxylation is 1. The Balaban J connectivity index is 2.20. The Kier molecular flexibility index (Phi) is 1.99. The van der Waals surface area contributed by atoms with Crippen LogP contribution in [0.5, 0.6) is 0 Å². The van der Waals surface area contributed by atoms with Gasteiger partial charge in [0.05, 0.1) is 6.20 Å². The van der Waals surface area contributed by atoms with Gasteiger partial charge in [0.2, 0.25) is 0 Å². The standard InChI is InChI=1S/C9H13BrN2/c1-6-9(5-11-12(6)2)8-3-7(8)4-10/h5,7-8H,3-4H2,1-2H3. The Morgan fingerprint density at radius 1 is 1.75 bits per heavy atom. The van der Waals surface area contributed by atoms with Crippen LogP contribution in [-0.2, 0) is 7.05 Å². The Morgan fingerprint density at radius 3 is 2.92 bits per heavy atom. The van der Waals surface area contributed by atoms with E-state index in [-0.39, 0.29) is 0 Å². The molecule has 0 bridgehead atoms. The molecule has 2 nitrogen and oxygen atoms in total. The lowest BCUT2D eigenvalue weighted by atomic mass is 10.1. The first kappa shape index (κ1) is 8.30. The van der Waals surface area contributed by atoms with E-state index in [0.717, 1.165) is 17.2 Å². The largest absolute Gasteiger partial charge is 0.273 e. The minimum atomic E-state index is 0.776. The van der Waals surface area contributed by atoms with Crippen molar-refractivity contribution < 1.29 is 0 Å². The average molecular weight is 229 g/mol. The molecule has 0 saturated heterocycles. The van der Waals surface area contributed by atoms with Gasteiger partial charge in [-0.3, -0.25) is 4.68 Å². The molecule has 0 aliphatic heterocycles. The molecule has 1 aliphatic carbocycles. The summed E-state index contributed by atoms with van der Waals surface area (Å²) in [5.74, 6) is 1.63. The first-order valence-electron chi connectivity index (χ1n) is 4.28. The summed E-state index contributed by atoms with van der Waals surface area (Å²) in [7, 11) is 2.00. The van der Waals surface area contributed by atoms with Crippen molar-refractivity contribution in [1.29, 1.82) is 0 Å². The Labute approximate surface area is 81.1 Å². The molecule has 1 heterocycles. The van der Waals surface area contributed by atoms with Crippen molar-refractivity contribution in [2.45, 2.75) is 19.3 Å². The second-order valence-electron chi connectivity index (χ2n) is 3.57. The number of aromatic nitrogens is 2. The number of nitrogens with zero attached hydrogens (tertiary/aromatic N) is 2. The molecular weight excluding hydrogens is 216 g/mol. The van der Waals surface area contributed by atoms with Gasteiger partial charge in [-0.2, -0.15) is 5.10 Å². The van der Waals surface area contributed by atoms with E-state index in [1.54, 1.807) is 0 Å². The van der Waals surface area contributed by atoms with E-state index >= 15 is 0 Å². The van der Waals surface area contributed by atoms with Crippen molar-refractivity contribution in [2.24, 2.45) is 13.0 Å². The number of hydrogen-bond donors (Lipinski definition) is 0. The summed E-state index contributed by atoms with van der Waals surface area (Å²) >= 11 is 3.52. The van der Waals surface area contributed by atoms with Crippen molar-refractivity contribution in [1.82, 2.24) is 9.78 Å². The molecule has 12 heavy (non-hydrogen) atoms. The fourth-order valence-electron chi connectivity index (χ4n) is 1.68. The van der Waals surface area contributed by atoms with Gasteiger partial charge in [-0.1, -0.05) is 15.9 Å². The first-order valence-corrected chi connectivity index (χ1v) is 5.40. The first-order chi connectivity index (χ1) is 5.74. The molecule has 66 valence electrons. The van der Waals surface area contributed by atoms with Crippen molar-refractivity contribution in [2.75, 3.05) is 5.33 Å². The third kappa shape index (κ3) is 1.20. The maximum absolute atomic E-state index is 4.25. The van der Waals surface area contributed by atoms with Crippen molar-refractivity contribution in [3.05, 3.63) is 17.5 Å². The topological polar surface area (TPSA) is 17.8 Å². The van der Waals surface area contributed by atoms with E-state index in [9.17, 15) is 0 Å². The summed E-state index contributed by atoms with van der Waals surface area (Å²) in [4.78, 5) is 0. The van der Waals surface area contributed by atoms with Gasteiger partial charge in [0, 0.05) is 18.1 Å². The van der Waals surface area contributed by atoms with Crippen LogP contribution in [0, 0.1) is 12.8 Å². The van der Waals surface area contributed by atoms with Gasteiger partial charge >= 0.3 is 0 Å². The van der Waals surface area contributed by atoms with Crippen LogP contribution in [0.25, 0.3) is 0 Å². The molecule has 0 spiro atoms. The highest BCUT2D eigenvalue weighted by atomic mass is 79.9. The fourth-order valence-corrected chi connectivity index (χ4v) is 2.39. The normalized spacial score (nSPS) is 27.6. The lowest BCUT2D eigenvalue weighted by Crippen LogP contribution is -1.94. The number of alkyl halides is 1. The van der Waals surface area contributed by atoms with Crippen molar-refractivity contribution in [3.8, 4) is 0 Å². The molecular formula is C9H13BrN2. The quantitative estimate of drug-likeness (QED) is 0.711. The van der Waals surface area contributed by atoms with Gasteiger partial charge in [0.1, 0.15) is 0 Å². The molecule has 0 radical (unpaired) electrons. The van der Waals surface area contributed by atoms with Gasteiger partial charge in [-0.25, -0.2) is 0 Å². The summed E-state index contributed by atoms with van der Waals surface area (Å²) in [6.07, 6.45) is 3.35. The smallest absolute Gasteiger partial charge is 0.0527 e. The third-order valence-electron chi connectivity index (χ3n) is 2.79. The SMILES string of the molecule is Cc1c(C2CC2CBr)cnn1C. The van der Waals surface area contributed by atoms with Crippen LogP contribution in [0.15, 0.2) is 6.20 Å². The number of hydrogen-bond acceptors (Lipinski definition) is 1. The molecule has 0 N–H and O–H groups in total. The molecule has 1 saturated carbocycles. The fraction of sp³-hybridized carbons (Fsp3) is 0.667. The highest BCUT2D eigenvalue weighted by Crippen LogP contribution is 2.49. The van der Waals surface area contributed by atoms with E-state index in [0.29, 0.717) is 0 Å². The summed E-state index contributed by atoms with van der Waals surface area (Å²) in [5.41, 5.74) is 2.77. The zero-order valence-electron chi connectivity index (χ0n) is 7.42. The summed E-state index contributed by atoms with van der Waals surface area (Å²) < 4.78 is 1.96. The van der Waals surface area contributed by atoms with E-state index in [2.05, 4.69) is 28.0 Å². The summed E-state index contributed by atoms with van der Waals surface area (Å²) in [6.45, 7) is 2.14. The summed E-state index contributed by atoms with van der Waals surface area (Å²) in [5, 5.41) is 5.38. The highest BCUT2D eigenvalue weighted by Gasteiger charge is 2.38. The van der Waals surface area contributed by atoms with E-state index < -0.39 is 0 Å². The molecule has 1 aromatic rings. The van der Waals surface area contributed by atoms with Gasteiger partial charge in [-0.15, -0.1) is 0 Å². The Bertz CT molecular complexity index is 293. The molecule has 0 aromatic carbocycles. The number of halogens is 1. The van der Waals surface area contributed by atoms with Crippen LogP contribution >= 0.6 is 15.9 Å². The average Bonchev–Trinajstić information content (AvgIpc) is 2.77. The van der Waals surface area contributed by atoms with Gasteiger partial charge in [0.15, 0.2) is 0 Å². The molecule has 0 amide bonds. The zero-order chi connectivity index (χ0) is 8.72. The molecule has 1 aliphatic rings. The predicted octanol–water partition coefficient (Wildman–Crippen LogP) is 2.23.